The zero-order valence-electron chi connectivity index (χ0n) is 14.7. The normalized spacial score (nSPS) is 17.1. The molecule has 1 saturated carbocycles. The minimum absolute atomic E-state index is 0.288. The van der Waals surface area contributed by atoms with Crippen LogP contribution in [-0.4, -0.2) is 28.0 Å². The van der Waals surface area contributed by atoms with Crippen molar-refractivity contribution in [2.75, 3.05) is 13.2 Å². The van der Waals surface area contributed by atoms with Gasteiger partial charge >= 0.3 is 0 Å². The number of aliphatic hydroxyl groups is 1. The minimum atomic E-state index is 0.288. The molecule has 1 aliphatic rings. The molecular formula is C20H29N3O. The highest BCUT2D eigenvalue weighted by atomic mass is 16.3. The average molecular weight is 327 g/mol. The van der Waals surface area contributed by atoms with Crippen molar-refractivity contribution in [3.8, 4) is 5.69 Å². The van der Waals surface area contributed by atoms with Gasteiger partial charge < -0.3 is 10.4 Å². The third kappa shape index (κ3) is 4.05. The summed E-state index contributed by atoms with van der Waals surface area (Å²) in [6.45, 7) is 4.20. The highest BCUT2D eigenvalue weighted by Crippen LogP contribution is 2.38. The summed E-state index contributed by atoms with van der Waals surface area (Å²) in [6, 6.07) is 10.2. The van der Waals surface area contributed by atoms with Gasteiger partial charge in [0.2, 0.25) is 0 Å². The second-order valence-electron chi connectivity index (χ2n) is 7.16. The van der Waals surface area contributed by atoms with Crippen LogP contribution in [0.1, 0.15) is 49.8 Å². The Morgan fingerprint density at radius 3 is 2.62 bits per heavy atom. The number of para-hydroxylation sites is 1. The predicted octanol–water partition coefficient (Wildman–Crippen LogP) is 3.60. The molecule has 0 aliphatic heterocycles. The molecule has 0 amide bonds. The van der Waals surface area contributed by atoms with E-state index in [-0.39, 0.29) is 5.41 Å². The monoisotopic (exact) mass is 327 g/mol. The lowest BCUT2D eigenvalue weighted by Crippen LogP contribution is -2.36. The lowest BCUT2D eigenvalue weighted by atomic mass is 9.72. The Bertz CT molecular complexity index is 624. The second-order valence-corrected chi connectivity index (χ2v) is 7.16. The van der Waals surface area contributed by atoms with E-state index in [1.54, 1.807) is 0 Å². The van der Waals surface area contributed by atoms with Crippen LogP contribution in [0, 0.1) is 12.3 Å². The largest absolute Gasteiger partial charge is 0.396 e. The minimum Gasteiger partial charge on any atom is -0.396 e. The van der Waals surface area contributed by atoms with Gasteiger partial charge in [-0.3, -0.25) is 0 Å². The maximum Gasteiger partial charge on any atom is 0.0645 e. The van der Waals surface area contributed by atoms with Gasteiger partial charge in [-0.15, -0.1) is 0 Å². The van der Waals surface area contributed by atoms with Crippen LogP contribution in [0.4, 0.5) is 0 Å². The molecule has 0 bridgehead atoms. The molecule has 0 saturated heterocycles. The number of nitrogens with one attached hydrogen (secondary N) is 1. The molecule has 0 unspecified atom stereocenters. The molecule has 0 atom stereocenters. The van der Waals surface area contributed by atoms with Crippen molar-refractivity contribution in [1.29, 1.82) is 0 Å². The van der Waals surface area contributed by atoms with Crippen LogP contribution in [0.5, 0.6) is 0 Å². The smallest absolute Gasteiger partial charge is 0.0645 e. The van der Waals surface area contributed by atoms with Crippen LogP contribution in [0.3, 0.4) is 0 Å². The van der Waals surface area contributed by atoms with Crippen LogP contribution in [0.2, 0.25) is 0 Å². The summed E-state index contributed by atoms with van der Waals surface area (Å²) in [5.41, 5.74) is 3.70. The van der Waals surface area contributed by atoms with Crippen LogP contribution in [0.15, 0.2) is 36.5 Å². The molecular weight excluding hydrogens is 298 g/mol. The Balaban J connectivity index is 1.61. The van der Waals surface area contributed by atoms with Gasteiger partial charge in [0.05, 0.1) is 11.4 Å². The maximum atomic E-state index is 9.43. The first-order valence-corrected chi connectivity index (χ1v) is 9.15. The molecule has 2 N–H and O–H groups in total. The van der Waals surface area contributed by atoms with Gasteiger partial charge in [0, 0.05) is 31.5 Å². The fourth-order valence-electron chi connectivity index (χ4n) is 3.90. The van der Waals surface area contributed by atoms with E-state index in [2.05, 4.69) is 35.7 Å². The molecule has 2 aromatic rings. The van der Waals surface area contributed by atoms with Gasteiger partial charge in [0.1, 0.15) is 0 Å². The zero-order chi connectivity index (χ0) is 16.8. The van der Waals surface area contributed by atoms with E-state index in [4.69, 9.17) is 0 Å². The SMILES string of the molecule is Cc1nn(-c2ccccc2)cc1CNCC1(CCO)CCCCC1. The quantitative estimate of drug-likeness (QED) is 0.817. The summed E-state index contributed by atoms with van der Waals surface area (Å²) in [4.78, 5) is 0. The Morgan fingerprint density at radius 1 is 1.17 bits per heavy atom. The molecule has 1 aromatic heterocycles. The van der Waals surface area contributed by atoms with E-state index in [0.717, 1.165) is 30.9 Å². The molecule has 0 spiro atoms. The summed E-state index contributed by atoms with van der Waals surface area (Å²) < 4.78 is 1.95. The van der Waals surface area contributed by atoms with E-state index < -0.39 is 0 Å². The zero-order valence-corrected chi connectivity index (χ0v) is 14.7. The molecule has 4 nitrogen and oxygen atoms in total. The summed E-state index contributed by atoms with van der Waals surface area (Å²) in [6.07, 6.45) is 9.46. The predicted molar refractivity (Wildman–Crippen MR) is 97.2 cm³/mol. The fourth-order valence-corrected chi connectivity index (χ4v) is 3.90. The number of aryl methyl sites for hydroxylation is 1. The van der Waals surface area contributed by atoms with E-state index in [1.165, 1.54) is 37.7 Å². The molecule has 24 heavy (non-hydrogen) atoms. The van der Waals surface area contributed by atoms with Crippen molar-refractivity contribution in [3.05, 3.63) is 47.8 Å². The van der Waals surface area contributed by atoms with Crippen LogP contribution < -0.4 is 5.32 Å². The van der Waals surface area contributed by atoms with Gasteiger partial charge in [0.15, 0.2) is 0 Å². The summed E-state index contributed by atoms with van der Waals surface area (Å²) in [5, 5.41) is 17.7. The Kier molecular flexibility index (Phi) is 5.69. The number of nitrogens with zero attached hydrogens (tertiary/aromatic N) is 2. The lowest BCUT2D eigenvalue weighted by molar-refractivity contribution is 0.126. The summed E-state index contributed by atoms with van der Waals surface area (Å²) >= 11 is 0. The molecule has 4 heteroatoms. The van der Waals surface area contributed by atoms with E-state index in [9.17, 15) is 5.11 Å². The Hall–Kier alpha value is -1.65. The first-order valence-electron chi connectivity index (χ1n) is 9.15. The molecule has 130 valence electrons. The van der Waals surface area contributed by atoms with E-state index in [0.29, 0.717) is 6.61 Å². The molecule has 1 aliphatic carbocycles. The van der Waals surface area contributed by atoms with Crippen molar-refractivity contribution in [1.82, 2.24) is 15.1 Å². The lowest BCUT2D eigenvalue weighted by Gasteiger charge is -2.37. The van der Waals surface area contributed by atoms with Gasteiger partial charge in [-0.25, -0.2) is 4.68 Å². The summed E-state index contributed by atoms with van der Waals surface area (Å²) in [5.74, 6) is 0. The number of aliphatic hydroxyl groups excluding tert-OH is 1. The van der Waals surface area contributed by atoms with Crippen molar-refractivity contribution < 1.29 is 5.11 Å². The van der Waals surface area contributed by atoms with Crippen molar-refractivity contribution in [3.63, 3.8) is 0 Å². The molecule has 1 fully saturated rings. The number of benzene rings is 1. The molecule has 3 rings (SSSR count). The maximum absolute atomic E-state index is 9.43. The highest BCUT2D eigenvalue weighted by molar-refractivity contribution is 5.32. The number of hydrogen-bond acceptors (Lipinski definition) is 3. The standard InChI is InChI=1S/C20H29N3O/c1-17-18(15-23(22-17)19-8-4-2-5-9-19)14-21-16-20(12-13-24)10-6-3-7-11-20/h2,4-5,8-9,15,21,24H,3,6-7,10-14,16H2,1H3. The average Bonchev–Trinajstić information content (AvgIpc) is 2.98. The summed E-state index contributed by atoms with van der Waals surface area (Å²) in [7, 11) is 0. The van der Waals surface area contributed by atoms with Gasteiger partial charge in [-0.05, 0) is 43.7 Å². The molecule has 1 aromatic carbocycles. The van der Waals surface area contributed by atoms with E-state index >= 15 is 0 Å². The Labute approximate surface area is 144 Å². The number of aromatic nitrogens is 2. The van der Waals surface area contributed by atoms with Crippen molar-refractivity contribution >= 4 is 0 Å². The number of rotatable bonds is 7. The fraction of sp³-hybridized carbons (Fsp3) is 0.550. The third-order valence-electron chi connectivity index (χ3n) is 5.39. The van der Waals surface area contributed by atoms with Crippen LogP contribution in [-0.2, 0) is 6.54 Å². The first kappa shape index (κ1) is 17.2. The molecule has 1 heterocycles. The van der Waals surface area contributed by atoms with Gasteiger partial charge in [-0.1, -0.05) is 37.5 Å². The van der Waals surface area contributed by atoms with Crippen LogP contribution in [0.25, 0.3) is 5.69 Å². The van der Waals surface area contributed by atoms with Gasteiger partial charge in [-0.2, -0.15) is 5.10 Å². The third-order valence-corrected chi connectivity index (χ3v) is 5.39. The topological polar surface area (TPSA) is 50.1 Å². The van der Waals surface area contributed by atoms with Crippen molar-refractivity contribution in [2.45, 2.75) is 52.0 Å². The van der Waals surface area contributed by atoms with Crippen molar-refractivity contribution in [2.24, 2.45) is 5.41 Å². The van der Waals surface area contributed by atoms with Gasteiger partial charge in [0.25, 0.3) is 0 Å². The number of hydrogen-bond donors (Lipinski definition) is 2. The highest BCUT2D eigenvalue weighted by Gasteiger charge is 2.30. The molecule has 0 radical (unpaired) electrons. The Morgan fingerprint density at radius 2 is 1.92 bits per heavy atom. The first-order chi connectivity index (χ1) is 11.7. The van der Waals surface area contributed by atoms with Crippen LogP contribution >= 0.6 is 0 Å². The van der Waals surface area contributed by atoms with E-state index in [1.807, 2.05) is 22.9 Å². The second kappa shape index (κ2) is 7.95.